The van der Waals surface area contributed by atoms with Crippen LogP contribution in [0.5, 0.6) is 0 Å². The van der Waals surface area contributed by atoms with Gasteiger partial charge in [-0.1, -0.05) is 45.8 Å². The van der Waals surface area contributed by atoms with E-state index in [1.165, 1.54) is 11.1 Å². The normalized spacial score (nSPS) is 9.83. The summed E-state index contributed by atoms with van der Waals surface area (Å²) in [7, 11) is 0. The molecule has 0 fully saturated rings. The van der Waals surface area contributed by atoms with Crippen LogP contribution >= 0.6 is 15.9 Å². The molecule has 18 heavy (non-hydrogen) atoms. The standard InChI is InChI=1S/C15H13BrN2/c1-11-2-4-12(5-3-11)10-18-15-8-14(16)7-6-13(15)9-17/h2-8,18H,10H2,1H3. The summed E-state index contributed by atoms with van der Waals surface area (Å²) >= 11 is 3.41. The molecule has 0 aliphatic rings. The Hall–Kier alpha value is -1.79. The number of nitrogens with one attached hydrogen (secondary N) is 1. The molecule has 0 atom stereocenters. The maximum Gasteiger partial charge on any atom is 0.101 e. The Labute approximate surface area is 115 Å². The Morgan fingerprint density at radius 1 is 1.17 bits per heavy atom. The molecule has 0 saturated heterocycles. The minimum absolute atomic E-state index is 0.658. The average molecular weight is 301 g/mol. The van der Waals surface area contributed by atoms with Gasteiger partial charge < -0.3 is 5.32 Å². The van der Waals surface area contributed by atoms with Crippen LogP contribution in [0.3, 0.4) is 0 Å². The summed E-state index contributed by atoms with van der Waals surface area (Å²) in [6.07, 6.45) is 0. The number of anilines is 1. The largest absolute Gasteiger partial charge is 0.380 e. The molecular weight excluding hydrogens is 288 g/mol. The summed E-state index contributed by atoms with van der Waals surface area (Å²) < 4.78 is 0.966. The van der Waals surface area contributed by atoms with Crippen LogP contribution < -0.4 is 5.32 Å². The lowest BCUT2D eigenvalue weighted by atomic mass is 10.1. The maximum atomic E-state index is 9.04. The van der Waals surface area contributed by atoms with Crippen molar-refractivity contribution in [2.75, 3.05) is 5.32 Å². The first-order chi connectivity index (χ1) is 8.69. The van der Waals surface area contributed by atoms with Crippen molar-refractivity contribution in [1.82, 2.24) is 0 Å². The van der Waals surface area contributed by atoms with Gasteiger partial charge in [-0.05, 0) is 30.7 Å². The Bertz CT molecular complexity index is 582. The Morgan fingerprint density at radius 3 is 2.56 bits per heavy atom. The van der Waals surface area contributed by atoms with Crippen molar-refractivity contribution >= 4 is 21.6 Å². The number of nitrogens with zero attached hydrogens (tertiary/aromatic N) is 1. The molecule has 0 unspecified atom stereocenters. The Balaban J connectivity index is 2.13. The molecule has 2 aromatic rings. The second kappa shape index (κ2) is 5.70. The lowest BCUT2D eigenvalue weighted by Gasteiger charge is -2.09. The Morgan fingerprint density at radius 2 is 1.89 bits per heavy atom. The smallest absolute Gasteiger partial charge is 0.101 e. The van der Waals surface area contributed by atoms with E-state index in [9.17, 15) is 0 Å². The zero-order valence-electron chi connectivity index (χ0n) is 10.1. The third-order valence-corrected chi connectivity index (χ3v) is 3.20. The summed E-state index contributed by atoms with van der Waals surface area (Å²) in [5.41, 5.74) is 3.96. The van der Waals surface area contributed by atoms with Crippen molar-refractivity contribution in [2.45, 2.75) is 13.5 Å². The molecule has 0 radical (unpaired) electrons. The molecule has 2 aromatic carbocycles. The zero-order valence-corrected chi connectivity index (χ0v) is 11.7. The van der Waals surface area contributed by atoms with Gasteiger partial charge in [-0.3, -0.25) is 0 Å². The molecule has 0 aliphatic carbocycles. The molecule has 0 aromatic heterocycles. The van der Waals surface area contributed by atoms with Crippen LogP contribution in [-0.4, -0.2) is 0 Å². The minimum Gasteiger partial charge on any atom is -0.380 e. The maximum absolute atomic E-state index is 9.04. The molecule has 3 heteroatoms. The molecule has 90 valence electrons. The first kappa shape index (κ1) is 12.7. The first-order valence-corrected chi connectivity index (χ1v) is 6.47. The molecular formula is C15H13BrN2. The summed E-state index contributed by atoms with van der Waals surface area (Å²) in [5, 5.41) is 12.3. The highest BCUT2D eigenvalue weighted by atomic mass is 79.9. The summed E-state index contributed by atoms with van der Waals surface area (Å²) in [4.78, 5) is 0. The van der Waals surface area contributed by atoms with Crippen molar-refractivity contribution in [3.8, 4) is 6.07 Å². The van der Waals surface area contributed by atoms with Gasteiger partial charge in [0.05, 0.1) is 11.3 Å². The van der Waals surface area contributed by atoms with Crippen LogP contribution in [0.25, 0.3) is 0 Å². The lowest BCUT2D eigenvalue weighted by molar-refractivity contribution is 1.14. The van der Waals surface area contributed by atoms with Crippen LogP contribution in [0.15, 0.2) is 46.9 Å². The molecule has 0 spiro atoms. The van der Waals surface area contributed by atoms with Gasteiger partial charge in [0, 0.05) is 11.0 Å². The van der Waals surface area contributed by atoms with E-state index < -0.39 is 0 Å². The number of hydrogen-bond donors (Lipinski definition) is 1. The van der Waals surface area contributed by atoms with Gasteiger partial charge in [0.1, 0.15) is 6.07 Å². The number of aryl methyl sites for hydroxylation is 1. The first-order valence-electron chi connectivity index (χ1n) is 5.68. The fourth-order valence-electron chi connectivity index (χ4n) is 1.66. The van der Waals surface area contributed by atoms with Gasteiger partial charge in [-0.15, -0.1) is 0 Å². The van der Waals surface area contributed by atoms with Gasteiger partial charge in [0.25, 0.3) is 0 Å². The molecule has 2 nitrogen and oxygen atoms in total. The van der Waals surface area contributed by atoms with Crippen molar-refractivity contribution in [1.29, 1.82) is 5.26 Å². The van der Waals surface area contributed by atoms with E-state index >= 15 is 0 Å². The number of rotatable bonds is 3. The topological polar surface area (TPSA) is 35.8 Å². The highest BCUT2D eigenvalue weighted by molar-refractivity contribution is 9.10. The SMILES string of the molecule is Cc1ccc(CNc2cc(Br)ccc2C#N)cc1. The van der Waals surface area contributed by atoms with Gasteiger partial charge >= 0.3 is 0 Å². The molecule has 0 bridgehead atoms. The van der Waals surface area contributed by atoms with Crippen molar-refractivity contribution in [3.63, 3.8) is 0 Å². The summed E-state index contributed by atoms with van der Waals surface area (Å²) in [6.45, 7) is 2.78. The fourth-order valence-corrected chi connectivity index (χ4v) is 2.02. The average Bonchev–Trinajstić information content (AvgIpc) is 2.38. The molecule has 1 N–H and O–H groups in total. The van der Waals surface area contributed by atoms with Crippen LogP contribution in [0.2, 0.25) is 0 Å². The van der Waals surface area contributed by atoms with Crippen molar-refractivity contribution in [3.05, 3.63) is 63.6 Å². The predicted octanol–water partition coefficient (Wildman–Crippen LogP) is 4.24. The molecule has 2 rings (SSSR count). The summed E-state index contributed by atoms with van der Waals surface area (Å²) in [5.74, 6) is 0. The van der Waals surface area contributed by atoms with E-state index in [2.05, 4.69) is 58.5 Å². The third-order valence-electron chi connectivity index (χ3n) is 2.71. The van der Waals surface area contributed by atoms with Gasteiger partial charge in [-0.2, -0.15) is 5.26 Å². The summed E-state index contributed by atoms with van der Waals surface area (Å²) in [6, 6.07) is 16.1. The Kier molecular flexibility index (Phi) is 4.01. The van der Waals surface area contributed by atoms with Crippen molar-refractivity contribution in [2.24, 2.45) is 0 Å². The second-order valence-corrected chi connectivity index (χ2v) is 5.06. The number of nitriles is 1. The van der Waals surface area contributed by atoms with Crippen LogP contribution in [0.1, 0.15) is 16.7 Å². The van der Waals surface area contributed by atoms with E-state index in [4.69, 9.17) is 5.26 Å². The van der Waals surface area contributed by atoms with E-state index in [0.29, 0.717) is 12.1 Å². The third kappa shape index (κ3) is 3.12. The van der Waals surface area contributed by atoms with E-state index in [0.717, 1.165) is 10.2 Å². The van der Waals surface area contributed by atoms with Gasteiger partial charge in [-0.25, -0.2) is 0 Å². The number of benzene rings is 2. The highest BCUT2D eigenvalue weighted by Crippen LogP contribution is 2.21. The van der Waals surface area contributed by atoms with Crippen LogP contribution in [0.4, 0.5) is 5.69 Å². The quantitative estimate of drug-likeness (QED) is 0.920. The fraction of sp³-hybridized carbons (Fsp3) is 0.133. The van der Waals surface area contributed by atoms with Crippen LogP contribution in [-0.2, 0) is 6.54 Å². The van der Waals surface area contributed by atoms with Crippen molar-refractivity contribution < 1.29 is 0 Å². The minimum atomic E-state index is 0.658. The van der Waals surface area contributed by atoms with Crippen LogP contribution in [0, 0.1) is 18.3 Å². The highest BCUT2D eigenvalue weighted by Gasteiger charge is 2.02. The molecule has 0 aliphatic heterocycles. The monoisotopic (exact) mass is 300 g/mol. The number of halogens is 1. The molecule has 0 saturated carbocycles. The second-order valence-electron chi connectivity index (χ2n) is 4.14. The zero-order chi connectivity index (χ0) is 13.0. The number of hydrogen-bond acceptors (Lipinski definition) is 2. The van der Waals surface area contributed by atoms with E-state index in [1.807, 2.05) is 18.2 Å². The van der Waals surface area contributed by atoms with Gasteiger partial charge in [0.15, 0.2) is 0 Å². The van der Waals surface area contributed by atoms with Gasteiger partial charge in [0.2, 0.25) is 0 Å². The van der Waals surface area contributed by atoms with E-state index in [-0.39, 0.29) is 0 Å². The van der Waals surface area contributed by atoms with E-state index in [1.54, 1.807) is 0 Å². The molecule has 0 heterocycles. The lowest BCUT2D eigenvalue weighted by Crippen LogP contribution is -2.01. The molecule has 0 amide bonds. The predicted molar refractivity (Wildman–Crippen MR) is 77.4 cm³/mol.